The van der Waals surface area contributed by atoms with Gasteiger partial charge in [0.25, 0.3) is 0 Å². The van der Waals surface area contributed by atoms with Gasteiger partial charge < -0.3 is 5.32 Å². The molecule has 5 heteroatoms. The van der Waals surface area contributed by atoms with Crippen molar-refractivity contribution in [1.82, 2.24) is 14.6 Å². The number of fused-ring (bicyclic) bond motifs is 1. The molecule has 0 saturated carbocycles. The van der Waals surface area contributed by atoms with Crippen LogP contribution < -0.4 is 5.32 Å². The largest absolute Gasteiger partial charge is 0.350 e. The van der Waals surface area contributed by atoms with Crippen LogP contribution in [0.25, 0.3) is 5.65 Å². The second kappa shape index (κ2) is 6.09. The van der Waals surface area contributed by atoms with Crippen molar-refractivity contribution >= 4 is 23.4 Å². The van der Waals surface area contributed by atoms with Crippen molar-refractivity contribution in [2.45, 2.75) is 33.2 Å². The Morgan fingerprint density at radius 3 is 3.06 bits per heavy atom. The Balaban J connectivity index is 2.01. The molecule has 0 aliphatic rings. The quantitative estimate of drug-likeness (QED) is 0.815. The lowest BCUT2D eigenvalue weighted by molar-refractivity contribution is 0.758. The first-order valence-electron chi connectivity index (χ1n) is 6.37. The molecule has 0 spiro atoms. The molecule has 2 aromatic rings. The highest BCUT2D eigenvalue weighted by Gasteiger charge is 2.08. The first kappa shape index (κ1) is 13.2. The van der Waals surface area contributed by atoms with Crippen LogP contribution in [0.3, 0.4) is 0 Å². The number of nitrogens with one attached hydrogen (secondary N) is 1. The van der Waals surface area contributed by atoms with Crippen LogP contribution >= 0.6 is 11.8 Å². The SMILES string of the molecule is CCSCCC(C)Nc1nc2c(C)cccn2n1. The zero-order valence-electron chi connectivity index (χ0n) is 11.2. The van der Waals surface area contributed by atoms with Gasteiger partial charge in [0.15, 0.2) is 5.65 Å². The van der Waals surface area contributed by atoms with Gasteiger partial charge in [0, 0.05) is 12.2 Å². The molecule has 1 N–H and O–H groups in total. The summed E-state index contributed by atoms with van der Waals surface area (Å²) in [5, 5.41) is 7.79. The Bertz CT molecular complexity index is 509. The molecule has 0 radical (unpaired) electrons. The molecule has 4 nitrogen and oxygen atoms in total. The number of nitrogens with zero attached hydrogens (tertiary/aromatic N) is 3. The van der Waals surface area contributed by atoms with Gasteiger partial charge in [-0.15, -0.1) is 5.10 Å². The highest BCUT2D eigenvalue weighted by molar-refractivity contribution is 7.99. The van der Waals surface area contributed by atoms with E-state index in [2.05, 4.69) is 42.2 Å². The monoisotopic (exact) mass is 264 g/mol. The van der Waals surface area contributed by atoms with Crippen molar-refractivity contribution in [3.63, 3.8) is 0 Å². The molecule has 1 atom stereocenters. The van der Waals surface area contributed by atoms with Gasteiger partial charge in [0.05, 0.1) is 0 Å². The number of rotatable bonds is 6. The van der Waals surface area contributed by atoms with Crippen LogP contribution in [0.4, 0.5) is 5.95 Å². The van der Waals surface area contributed by atoms with Crippen LogP contribution in [0, 0.1) is 6.92 Å². The van der Waals surface area contributed by atoms with E-state index in [1.165, 1.54) is 11.5 Å². The summed E-state index contributed by atoms with van der Waals surface area (Å²) in [6.07, 6.45) is 3.06. The van der Waals surface area contributed by atoms with Crippen LogP contribution in [0.5, 0.6) is 0 Å². The van der Waals surface area contributed by atoms with Crippen molar-refractivity contribution < 1.29 is 0 Å². The lowest BCUT2D eigenvalue weighted by atomic mass is 10.3. The van der Waals surface area contributed by atoms with Crippen molar-refractivity contribution in [3.8, 4) is 0 Å². The molecule has 0 aliphatic carbocycles. The lowest BCUT2D eigenvalue weighted by Gasteiger charge is -2.10. The van der Waals surface area contributed by atoms with Gasteiger partial charge in [0.1, 0.15) is 0 Å². The molecular formula is C13H20N4S. The van der Waals surface area contributed by atoms with Gasteiger partial charge in [-0.25, -0.2) is 4.52 Å². The third kappa shape index (κ3) is 3.16. The van der Waals surface area contributed by atoms with Crippen molar-refractivity contribution in [3.05, 3.63) is 23.9 Å². The molecule has 98 valence electrons. The van der Waals surface area contributed by atoms with E-state index < -0.39 is 0 Å². The standard InChI is InChI=1S/C13H20N4S/c1-4-18-9-7-11(3)14-13-15-12-10(2)6-5-8-17(12)16-13/h5-6,8,11H,4,7,9H2,1-3H3,(H,14,16). The molecular weight excluding hydrogens is 244 g/mol. The molecule has 0 bridgehead atoms. The van der Waals surface area contributed by atoms with Crippen molar-refractivity contribution in [1.29, 1.82) is 0 Å². The summed E-state index contributed by atoms with van der Waals surface area (Å²) in [5.74, 6) is 3.08. The van der Waals surface area contributed by atoms with E-state index in [9.17, 15) is 0 Å². The van der Waals surface area contributed by atoms with Crippen molar-refractivity contribution in [2.24, 2.45) is 0 Å². The molecule has 2 heterocycles. The highest BCUT2D eigenvalue weighted by Crippen LogP contribution is 2.12. The smallest absolute Gasteiger partial charge is 0.243 e. The van der Waals surface area contributed by atoms with E-state index in [4.69, 9.17) is 0 Å². The van der Waals surface area contributed by atoms with Crippen molar-refractivity contribution in [2.75, 3.05) is 16.8 Å². The van der Waals surface area contributed by atoms with Gasteiger partial charge in [0.2, 0.25) is 5.95 Å². The maximum absolute atomic E-state index is 4.51. The predicted octanol–water partition coefficient (Wildman–Crippen LogP) is 2.98. The van der Waals surface area contributed by atoms with E-state index in [-0.39, 0.29) is 0 Å². The predicted molar refractivity (Wildman–Crippen MR) is 78.4 cm³/mol. The molecule has 0 aliphatic heterocycles. The van der Waals surface area contributed by atoms with Crippen LogP contribution in [-0.4, -0.2) is 32.1 Å². The number of thioether (sulfide) groups is 1. The number of aromatic nitrogens is 3. The fraction of sp³-hybridized carbons (Fsp3) is 0.538. The first-order valence-corrected chi connectivity index (χ1v) is 7.52. The zero-order valence-corrected chi connectivity index (χ0v) is 12.0. The summed E-state index contributed by atoms with van der Waals surface area (Å²) >= 11 is 1.97. The Labute approximate surface area is 112 Å². The number of aryl methyl sites for hydroxylation is 1. The highest BCUT2D eigenvalue weighted by atomic mass is 32.2. The summed E-state index contributed by atoms with van der Waals surface area (Å²) in [4.78, 5) is 4.51. The summed E-state index contributed by atoms with van der Waals surface area (Å²) in [5.41, 5.74) is 2.07. The second-order valence-electron chi connectivity index (χ2n) is 4.43. The number of anilines is 1. The first-order chi connectivity index (χ1) is 8.70. The zero-order chi connectivity index (χ0) is 13.0. The lowest BCUT2D eigenvalue weighted by Crippen LogP contribution is -2.17. The molecule has 0 fully saturated rings. The third-order valence-corrected chi connectivity index (χ3v) is 3.76. The Morgan fingerprint density at radius 1 is 1.50 bits per heavy atom. The van der Waals surface area contributed by atoms with E-state index in [0.29, 0.717) is 6.04 Å². The third-order valence-electron chi connectivity index (χ3n) is 2.83. The van der Waals surface area contributed by atoms with Gasteiger partial charge in [-0.3, -0.25) is 0 Å². The van der Waals surface area contributed by atoms with Gasteiger partial charge >= 0.3 is 0 Å². The summed E-state index contributed by atoms with van der Waals surface area (Å²) < 4.78 is 1.82. The minimum atomic E-state index is 0.404. The molecule has 18 heavy (non-hydrogen) atoms. The van der Waals surface area contributed by atoms with Gasteiger partial charge in [-0.1, -0.05) is 13.0 Å². The van der Waals surface area contributed by atoms with E-state index in [1.54, 1.807) is 0 Å². The van der Waals surface area contributed by atoms with Crippen LogP contribution in [0.2, 0.25) is 0 Å². The minimum absolute atomic E-state index is 0.404. The number of hydrogen-bond acceptors (Lipinski definition) is 4. The number of hydrogen-bond donors (Lipinski definition) is 1. The average Bonchev–Trinajstić information content (AvgIpc) is 2.73. The van der Waals surface area contributed by atoms with Crippen LogP contribution in [0.1, 0.15) is 25.8 Å². The van der Waals surface area contributed by atoms with E-state index >= 15 is 0 Å². The summed E-state index contributed by atoms with van der Waals surface area (Å²) in [6.45, 7) is 6.42. The van der Waals surface area contributed by atoms with Crippen LogP contribution in [0.15, 0.2) is 18.3 Å². The summed E-state index contributed by atoms with van der Waals surface area (Å²) in [6, 6.07) is 4.44. The maximum atomic E-state index is 4.51. The Hall–Kier alpha value is -1.23. The molecule has 2 aromatic heterocycles. The summed E-state index contributed by atoms with van der Waals surface area (Å²) in [7, 11) is 0. The molecule has 2 rings (SSSR count). The second-order valence-corrected chi connectivity index (χ2v) is 5.82. The van der Waals surface area contributed by atoms with E-state index in [1.807, 2.05) is 28.5 Å². The van der Waals surface area contributed by atoms with Gasteiger partial charge in [-0.05, 0) is 43.4 Å². The number of pyridine rings is 1. The van der Waals surface area contributed by atoms with Crippen LogP contribution in [-0.2, 0) is 0 Å². The molecule has 1 unspecified atom stereocenters. The fourth-order valence-electron chi connectivity index (χ4n) is 1.80. The molecule has 0 aromatic carbocycles. The fourth-order valence-corrected chi connectivity index (χ4v) is 2.61. The van der Waals surface area contributed by atoms with Gasteiger partial charge in [-0.2, -0.15) is 16.7 Å². The topological polar surface area (TPSA) is 42.2 Å². The Kier molecular flexibility index (Phi) is 4.47. The molecule has 0 amide bonds. The maximum Gasteiger partial charge on any atom is 0.243 e. The normalized spacial score (nSPS) is 12.8. The molecule has 0 saturated heterocycles. The minimum Gasteiger partial charge on any atom is -0.350 e. The van der Waals surface area contributed by atoms with E-state index in [0.717, 1.165) is 23.6 Å². The Morgan fingerprint density at radius 2 is 2.33 bits per heavy atom. The average molecular weight is 264 g/mol.